The van der Waals surface area contributed by atoms with Crippen LogP contribution in [0.5, 0.6) is 0 Å². The molecule has 0 fully saturated rings. The number of nitrogen functional groups attached to an aromatic ring is 1. The van der Waals surface area contributed by atoms with Gasteiger partial charge in [-0.05, 0) is 36.8 Å². The van der Waals surface area contributed by atoms with Gasteiger partial charge in [0.1, 0.15) is 5.84 Å². The third-order valence-corrected chi connectivity index (χ3v) is 3.32. The van der Waals surface area contributed by atoms with Gasteiger partial charge >= 0.3 is 0 Å². The van der Waals surface area contributed by atoms with E-state index in [2.05, 4.69) is 0 Å². The van der Waals surface area contributed by atoms with Gasteiger partial charge in [0.15, 0.2) is 0 Å². The molecule has 0 aliphatic heterocycles. The Hall–Kier alpha value is -2.00. The largest absolute Gasteiger partial charge is 0.384 e. The number of para-hydroxylation sites is 1. The minimum absolute atomic E-state index is 0.0344. The van der Waals surface area contributed by atoms with Gasteiger partial charge < -0.3 is 10.6 Å². The van der Waals surface area contributed by atoms with Crippen LogP contribution in [-0.4, -0.2) is 12.9 Å². The molecule has 98 valence electrons. The second kappa shape index (κ2) is 5.33. The monoisotopic (exact) mass is 273 g/mol. The highest BCUT2D eigenvalue weighted by molar-refractivity contribution is 6.31. The zero-order chi connectivity index (χ0) is 14.0. The fourth-order valence-corrected chi connectivity index (χ4v) is 2.25. The summed E-state index contributed by atoms with van der Waals surface area (Å²) < 4.78 is 0. The van der Waals surface area contributed by atoms with Crippen LogP contribution >= 0.6 is 11.6 Å². The van der Waals surface area contributed by atoms with E-state index in [0.717, 1.165) is 16.9 Å². The van der Waals surface area contributed by atoms with Gasteiger partial charge in [-0.25, -0.2) is 0 Å². The quantitative estimate of drug-likeness (QED) is 0.662. The van der Waals surface area contributed by atoms with Crippen molar-refractivity contribution in [1.82, 2.24) is 0 Å². The van der Waals surface area contributed by atoms with Crippen molar-refractivity contribution in [3.63, 3.8) is 0 Å². The number of nitrogens with two attached hydrogens (primary N) is 1. The summed E-state index contributed by atoms with van der Waals surface area (Å²) >= 11 is 6.05. The number of nitrogens with one attached hydrogen (secondary N) is 1. The van der Waals surface area contributed by atoms with Crippen LogP contribution < -0.4 is 10.6 Å². The number of hydrogen-bond donors (Lipinski definition) is 2. The summed E-state index contributed by atoms with van der Waals surface area (Å²) in [7, 11) is 1.94. The lowest BCUT2D eigenvalue weighted by Gasteiger charge is -2.24. The van der Waals surface area contributed by atoms with Gasteiger partial charge in [-0.1, -0.05) is 29.8 Å². The molecule has 0 heterocycles. The molecule has 2 aromatic carbocycles. The van der Waals surface area contributed by atoms with Crippen LogP contribution in [0.2, 0.25) is 5.02 Å². The Morgan fingerprint density at radius 1 is 1.16 bits per heavy atom. The van der Waals surface area contributed by atoms with Crippen molar-refractivity contribution >= 4 is 28.8 Å². The van der Waals surface area contributed by atoms with Gasteiger partial charge in [0.2, 0.25) is 0 Å². The van der Waals surface area contributed by atoms with Gasteiger partial charge in [-0.2, -0.15) is 0 Å². The number of benzene rings is 2. The van der Waals surface area contributed by atoms with Crippen LogP contribution in [0.3, 0.4) is 0 Å². The summed E-state index contributed by atoms with van der Waals surface area (Å²) in [5, 5.41) is 8.29. The number of hydrogen-bond acceptors (Lipinski definition) is 2. The molecule has 19 heavy (non-hydrogen) atoms. The number of anilines is 2. The highest BCUT2D eigenvalue weighted by atomic mass is 35.5. The van der Waals surface area contributed by atoms with Gasteiger partial charge in [0, 0.05) is 23.3 Å². The van der Waals surface area contributed by atoms with Crippen molar-refractivity contribution in [3.05, 3.63) is 58.6 Å². The van der Waals surface area contributed by atoms with Crippen molar-refractivity contribution in [3.8, 4) is 0 Å². The Bertz CT molecular complexity index is 623. The molecular formula is C15H16ClN3. The molecule has 0 amide bonds. The predicted molar refractivity (Wildman–Crippen MR) is 81.7 cm³/mol. The molecule has 0 unspecified atom stereocenters. The summed E-state index contributed by atoms with van der Waals surface area (Å²) in [5.74, 6) is 0.0344. The van der Waals surface area contributed by atoms with Gasteiger partial charge in [0.05, 0.1) is 5.69 Å². The fraction of sp³-hybridized carbons (Fsp3) is 0.133. The highest BCUT2D eigenvalue weighted by Crippen LogP contribution is 2.31. The molecule has 0 saturated heterocycles. The van der Waals surface area contributed by atoms with E-state index in [0.29, 0.717) is 10.6 Å². The van der Waals surface area contributed by atoms with Crippen molar-refractivity contribution in [2.45, 2.75) is 6.92 Å². The lowest BCUT2D eigenvalue weighted by Crippen LogP contribution is -2.19. The van der Waals surface area contributed by atoms with Gasteiger partial charge in [-0.15, -0.1) is 0 Å². The average molecular weight is 274 g/mol. The van der Waals surface area contributed by atoms with E-state index in [1.165, 1.54) is 0 Å². The van der Waals surface area contributed by atoms with Gasteiger partial charge in [0.25, 0.3) is 0 Å². The summed E-state index contributed by atoms with van der Waals surface area (Å²) in [6.45, 7) is 2.05. The number of amidine groups is 1. The van der Waals surface area contributed by atoms with Crippen molar-refractivity contribution in [1.29, 1.82) is 5.41 Å². The molecule has 0 atom stereocenters. The second-order valence-electron chi connectivity index (χ2n) is 4.42. The van der Waals surface area contributed by atoms with E-state index >= 15 is 0 Å². The minimum atomic E-state index is 0.0344. The lowest BCUT2D eigenvalue weighted by molar-refractivity contribution is 1.18. The molecule has 0 spiro atoms. The second-order valence-corrected chi connectivity index (χ2v) is 4.86. The molecule has 2 rings (SSSR count). The first kappa shape index (κ1) is 13.4. The normalized spacial score (nSPS) is 10.3. The minimum Gasteiger partial charge on any atom is -0.384 e. The molecule has 3 nitrogen and oxygen atoms in total. The summed E-state index contributed by atoms with van der Waals surface area (Å²) in [5.41, 5.74) is 9.35. The lowest BCUT2D eigenvalue weighted by atomic mass is 10.1. The molecule has 0 aliphatic carbocycles. The Morgan fingerprint density at radius 2 is 1.84 bits per heavy atom. The summed E-state index contributed by atoms with van der Waals surface area (Å²) in [6.07, 6.45) is 0. The number of aryl methyl sites for hydroxylation is 1. The molecule has 0 aliphatic rings. The average Bonchev–Trinajstić information content (AvgIpc) is 2.38. The molecule has 0 saturated carbocycles. The Kier molecular flexibility index (Phi) is 3.76. The maximum atomic E-state index is 7.66. The van der Waals surface area contributed by atoms with Crippen molar-refractivity contribution in [2.75, 3.05) is 11.9 Å². The Morgan fingerprint density at radius 3 is 2.47 bits per heavy atom. The van der Waals surface area contributed by atoms with Gasteiger partial charge in [-0.3, -0.25) is 5.41 Å². The van der Waals surface area contributed by atoms with Crippen molar-refractivity contribution < 1.29 is 0 Å². The molecule has 0 radical (unpaired) electrons. The van der Waals surface area contributed by atoms with Crippen LogP contribution in [0.25, 0.3) is 0 Å². The van der Waals surface area contributed by atoms with E-state index < -0.39 is 0 Å². The number of nitrogens with zero attached hydrogens (tertiary/aromatic N) is 1. The smallest absolute Gasteiger partial charge is 0.124 e. The Balaban J connectivity index is 2.55. The van der Waals surface area contributed by atoms with Crippen molar-refractivity contribution in [2.24, 2.45) is 5.73 Å². The summed E-state index contributed by atoms with van der Waals surface area (Å²) in [6, 6.07) is 13.4. The van der Waals surface area contributed by atoms with E-state index in [4.69, 9.17) is 22.7 Å². The fourth-order valence-electron chi connectivity index (χ4n) is 2.08. The molecule has 0 bridgehead atoms. The van der Waals surface area contributed by atoms with E-state index in [9.17, 15) is 0 Å². The predicted octanol–water partition coefficient (Wildman–Crippen LogP) is 3.70. The zero-order valence-electron chi connectivity index (χ0n) is 10.9. The summed E-state index contributed by atoms with van der Waals surface area (Å²) in [4.78, 5) is 2.00. The third-order valence-electron chi connectivity index (χ3n) is 3.09. The van der Waals surface area contributed by atoms with Crippen LogP contribution in [0, 0.1) is 12.3 Å². The van der Waals surface area contributed by atoms with Crippen LogP contribution in [-0.2, 0) is 0 Å². The van der Waals surface area contributed by atoms with Crippen LogP contribution in [0.15, 0.2) is 42.5 Å². The molecular weight excluding hydrogens is 258 g/mol. The number of rotatable bonds is 3. The Labute approximate surface area is 118 Å². The molecule has 4 heteroatoms. The van der Waals surface area contributed by atoms with E-state index in [-0.39, 0.29) is 5.84 Å². The topological polar surface area (TPSA) is 53.1 Å². The standard InChI is InChI=1S/C15H16ClN3/c1-10-5-3-4-6-13(10)19(2)14-9-11(16)7-8-12(14)15(17)18/h3-9H,1-2H3,(H3,17,18). The number of halogens is 1. The van der Waals surface area contributed by atoms with Crippen LogP contribution in [0.1, 0.15) is 11.1 Å². The third kappa shape index (κ3) is 2.71. The molecule has 0 aromatic heterocycles. The first-order valence-corrected chi connectivity index (χ1v) is 6.32. The zero-order valence-corrected chi connectivity index (χ0v) is 11.7. The maximum absolute atomic E-state index is 7.66. The van der Waals surface area contributed by atoms with E-state index in [1.54, 1.807) is 12.1 Å². The SMILES string of the molecule is Cc1ccccc1N(C)c1cc(Cl)ccc1C(=N)N. The maximum Gasteiger partial charge on any atom is 0.124 e. The molecule has 3 N–H and O–H groups in total. The first-order chi connectivity index (χ1) is 9.00. The van der Waals surface area contributed by atoms with E-state index in [1.807, 2.05) is 49.2 Å². The first-order valence-electron chi connectivity index (χ1n) is 5.94. The molecule has 2 aromatic rings. The van der Waals surface area contributed by atoms with Crippen LogP contribution in [0.4, 0.5) is 11.4 Å². The highest BCUT2D eigenvalue weighted by Gasteiger charge is 2.13.